The first-order valence-electron chi connectivity index (χ1n) is 10.3. The number of benzene rings is 3. The average Bonchev–Trinajstić information content (AvgIpc) is 3.30. The molecule has 5 rings (SSSR count). The highest BCUT2D eigenvalue weighted by atomic mass is 79.9. The first kappa shape index (κ1) is 20.7. The molecule has 0 bridgehead atoms. The highest BCUT2D eigenvalue weighted by molar-refractivity contribution is 9.10. The lowest BCUT2D eigenvalue weighted by atomic mass is 9.90. The molecule has 0 N–H and O–H groups in total. The van der Waals surface area contributed by atoms with Crippen LogP contribution >= 0.6 is 15.9 Å². The SMILES string of the molecule is COc1ccc([C@H]2[C@@H]3C(=O)N(c4cccc(C)c4)C(=O)[C@H]3ON2c2ccccc2)cc1Br. The molecule has 0 saturated carbocycles. The first-order chi connectivity index (χ1) is 15.5. The Morgan fingerprint density at radius 1 is 0.906 bits per heavy atom. The summed E-state index contributed by atoms with van der Waals surface area (Å²) in [5.74, 6) is -0.600. The monoisotopic (exact) mass is 492 g/mol. The molecule has 2 aliphatic heterocycles. The molecule has 2 saturated heterocycles. The highest BCUT2D eigenvalue weighted by Gasteiger charge is 2.60. The predicted molar refractivity (Wildman–Crippen MR) is 124 cm³/mol. The van der Waals surface area contributed by atoms with Gasteiger partial charge in [0, 0.05) is 0 Å². The highest BCUT2D eigenvalue weighted by Crippen LogP contribution is 2.48. The number of hydrogen-bond donors (Lipinski definition) is 0. The number of amides is 2. The van der Waals surface area contributed by atoms with Crippen LogP contribution in [0.3, 0.4) is 0 Å². The molecule has 32 heavy (non-hydrogen) atoms. The summed E-state index contributed by atoms with van der Waals surface area (Å²) in [5.41, 5.74) is 3.17. The van der Waals surface area contributed by atoms with Crippen LogP contribution in [0.15, 0.2) is 77.3 Å². The van der Waals surface area contributed by atoms with Crippen molar-refractivity contribution in [1.82, 2.24) is 0 Å². The molecule has 2 amide bonds. The summed E-state index contributed by atoms with van der Waals surface area (Å²) in [6.07, 6.45) is -0.894. The molecule has 3 aromatic carbocycles. The Bertz CT molecular complexity index is 1200. The molecule has 0 spiro atoms. The maximum Gasteiger partial charge on any atom is 0.266 e. The third-order valence-corrected chi connectivity index (χ3v) is 6.52. The second-order valence-electron chi connectivity index (χ2n) is 7.90. The number of para-hydroxylation sites is 1. The van der Waals surface area contributed by atoms with Gasteiger partial charge in [-0.3, -0.25) is 14.4 Å². The lowest BCUT2D eigenvalue weighted by molar-refractivity contribution is -0.126. The Hall–Kier alpha value is -3.16. The molecule has 2 aliphatic rings. The van der Waals surface area contributed by atoms with E-state index in [0.29, 0.717) is 11.4 Å². The number of fused-ring (bicyclic) bond motifs is 1. The minimum absolute atomic E-state index is 0.263. The number of halogens is 1. The van der Waals surface area contributed by atoms with Crippen molar-refractivity contribution in [3.05, 3.63) is 88.4 Å². The maximum atomic E-state index is 13.6. The van der Waals surface area contributed by atoms with E-state index in [2.05, 4.69) is 15.9 Å². The Labute approximate surface area is 194 Å². The summed E-state index contributed by atoms with van der Waals surface area (Å²) in [5, 5.41) is 1.69. The minimum atomic E-state index is -0.894. The van der Waals surface area contributed by atoms with Gasteiger partial charge >= 0.3 is 0 Å². The van der Waals surface area contributed by atoms with Crippen LogP contribution in [0.5, 0.6) is 5.75 Å². The van der Waals surface area contributed by atoms with Gasteiger partial charge in [-0.05, 0) is 70.4 Å². The molecule has 3 atom stereocenters. The van der Waals surface area contributed by atoms with Gasteiger partial charge in [-0.25, -0.2) is 9.96 Å². The van der Waals surface area contributed by atoms with E-state index >= 15 is 0 Å². The topological polar surface area (TPSA) is 59.1 Å². The predicted octanol–water partition coefficient (Wildman–Crippen LogP) is 4.82. The average molecular weight is 493 g/mol. The van der Waals surface area contributed by atoms with Gasteiger partial charge in [-0.1, -0.05) is 36.4 Å². The van der Waals surface area contributed by atoms with Gasteiger partial charge in [0.15, 0.2) is 6.10 Å². The fraction of sp³-hybridized carbons (Fsp3) is 0.200. The van der Waals surface area contributed by atoms with Crippen molar-refractivity contribution in [2.24, 2.45) is 5.92 Å². The van der Waals surface area contributed by atoms with Crippen LogP contribution in [0.25, 0.3) is 0 Å². The smallest absolute Gasteiger partial charge is 0.266 e. The van der Waals surface area contributed by atoms with Gasteiger partial charge in [0.2, 0.25) is 5.91 Å². The lowest BCUT2D eigenvalue weighted by Crippen LogP contribution is -2.37. The Morgan fingerprint density at radius 2 is 1.66 bits per heavy atom. The number of imide groups is 1. The molecule has 0 aromatic heterocycles. The third kappa shape index (κ3) is 3.29. The van der Waals surface area contributed by atoms with Crippen LogP contribution in [0.4, 0.5) is 11.4 Å². The van der Waals surface area contributed by atoms with Crippen molar-refractivity contribution in [3.8, 4) is 5.75 Å². The zero-order chi connectivity index (χ0) is 22.4. The number of anilines is 2. The fourth-order valence-corrected chi connectivity index (χ4v) is 5.00. The molecule has 0 radical (unpaired) electrons. The standard InChI is InChI=1S/C25H21BrN2O4/c1-15-7-6-10-18(13-15)27-24(29)21-22(16-11-12-20(31-2)19(26)14-16)28(32-23(21)25(27)30)17-8-4-3-5-9-17/h3-14,21-23H,1-2H3/t21-,22-,23-/m0/s1. The number of carbonyl (C=O) groups excluding carboxylic acids is 2. The van der Waals surface area contributed by atoms with Gasteiger partial charge in [-0.15, -0.1) is 0 Å². The number of rotatable bonds is 4. The van der Waals surface area contributed by atoms with E-state index < -0.39 is 18.1 Å². The molecule has 6 nitrogen and oxygen atoms in total. The fourth-order valence-electron chi connectivity index (χ4n) is 4.44. The molecule has 0 aliphatic carbocycles. The van der Waals surface area contributed by atoms with E-state index in [9.17, 15) is 9.59 Å². The summed E-state index contributed by atoms with van der Waals surface area (Å²) in [4.78, 5) is 34.4. The van der Waals surface area contributed by atoms with Crippen LogP contribution in [0, 0.1) is 12.8 Å². The molecular weight excluding hydrogens is 472 g/mol. The second kappa shape index (κ2) is 8.07. The Morgan fingerprint density at radius 3 is 2.34 bits per heavy atom. The summed E-state index contributed by atoms with van der Waals surface area (Å²) in [6.45, 7) is 1.93. The maximum absolute atomic E-state index is 13.6. The summed E-state index contributed by atoms with van der Waals surface area (Å²) >= 11 is 3.54. The van der Waals surface area contributed by atoms with Crippen molar-refractivity contribution in [3.63, 3.8) is 0 Å². The number of aryl methyl sites for hydroxylation is 1. The van der Waals surface area contributed by atoms with Crippen LogP contribution < -0.4 is 14.7 Å². The first-order valence-corrected chi connectivity index (χ1v) is 11.1. The number of ether oxygens (including phenoxy) is 1. The largest absolute Gasteiger partial charge is 0.496 e. The van der Waals surface area contributed by atoms with Gasteiger partial charge in [0.1, 0.15) is 11.7 Å². The van der Waals surface area contributed by atoms with Crippen LogP contribution in [-0.2, 0) is 14.4 Å². The van der Waals surface area contributed by atoms with Gasteiger partial charge < -0.3 is 4.74 Å². The molecule has 2 fully saturated rings. The van der Waals surface area contributed by atoms with Crippen molar-refractivity contribution in [1.29, 1.82) is 0 Å². The second-order valence-corrected chi connectivity index (χ2v) is 8.76. The van der Waals surface area contributed by atoms with E-state index in [0.717, 1.165) is 21.3 Å². The molecule has 7 heteroatoms. The van der Waals surface area contributed by atoms with Crippen LogP contribution in [0.2, 0.25) is 0 Å². The van der Waals surface area contributed by atoms with Crippen LogP contribution in [0.1, 0.15) is 17.2 Å². The van der Waals surface area contributed by atoms with Gasteiger partial charge in [0.25, 0.3) is 5.91 Å². The van der Waals surface area contributed by atoms with E-state index in [1.807, 2.05) is 73.7 Å². The number of hydrogen-bond acceptors (Lipinski definition) is 5. The lowest BCUT2D eigenvalue weighted by Gasteiger charge is -2.29. The van der Waals surface area contributed by atoms with Crippen molar-refractivity contribution >= 4 is 39.1 Å². The summed E-state index contributed by atoms with van der Waals surface area (Å²) in [7, 11) is 1.60. The van der Waals surface area contributed by atoms with Crippen molar-refractivity contribution < 1.29 is 19.2 Å². The van der Waals surface area contributed by atoms with Crippen LogP contribution in [-0.4, -0.2) is 25.0 Å². The Balaban J connectivity index is 1.60. The number of methoxy groups -OCH3 is 1. The quantitative estimate of drug-likeness (QED) is 0.488. The third-order valence-electron chi connectivity index (χ3n) is 5.90. The summed E-state index contributed by atoms with van der Waals surface area (Å²) in [6, 6.07) is 22.1. The molecule has 0 unspecified atom stereocenters. The Kier molecular flexibility index (Phi) is 5.23. The number of hydroxylamine groups is 1. The van der Waals surface area contributed by atoms with E-state index in [1.165, 1.54) is 4.90 Å². The summed E-state index contributed by atoms with van der Waals surface area (Å²) < 4.78 is 6.13. The molecular formula is C25H21BrN2O4. The number of carbonyl (C=O) groups is 2. The molecule has 162 valence electrons. The molecule has 2 heterocycles. The van der Waals surface area contributed by atoms with E-state index in [-0.39, 0.29) is 11.8 Å². The molecule has 3 aromatic rings. The van der Waals surface area contributed by atoms with E-state index in [1.54, 1.807) is 18.2 Å². The van der Waals surface area contributed by atoms with E-state index in [4.69, 9.17) is 9.57 Å². The number of nitrogens with zero attached hydrogens (tertiary/aromatic N) is 2. The minimum Gasteiger partial charge on any atom is -0.496 e. The van der Waals surface area contributed by atoms with Crippen molar-refractivity contribution in [2.45, 2.75) is 19.1 Å². The zero-order valence-electron chi connectivity index (χ0n) is 17.6. The zero-order valence-corrected chi connectivity index (χ0v) is 19.2. The van der Waals surface area contributed by atoms with Gasteiger partial charge in [-0.2, -0.15) is 0 Å². The normalized spacial score (nSPS) is 22.4. The van der Waals surface area contributed by atoms with Gasteiger partial charge in [0.05, 0.1) is 29.0 Å². The van der Waals surface area contributed by atoms with Crippen molar-refractivity contribution in [2.75, 3.05) is 17.1 Å².